The third-order valence-electron chi connectivity index (χ3n) is 2.78. The van der Waals surface area contributed by atoms with Gasteiger partial charge in [0.1, 0.15) is 5.82 Å². The maximum Gasteiger partial charge on any atom is 0.128 e. The molecule has 0 aromatic carbocycles. The fraction of sp³-hybridized carbons (Fsp3) is 0.545. The van der Waals surface area contributed by atoms with E-state index < -0.39 is 0 Å². The molecule has 0 saturated carbocycles. The first-order valence-corrected chi connectivity index (χ1v) is 5.61. The third-order valence-corrected chi connectivity index (χ3v) is 3.07. The molecule has 2 nitrogen and oxygen atoms in total. The summed E-state index contributed by atoms with van der Waals surface area (Å²) in [6, 6.07) is 2.14. The van der Waals surface area contributed by atoms with Crippen molar-refractivity contribution in [1.29, 1.82) is 0 Å². The van der Waals surface area contributed by atoms with Crippen LogP contribution in [0, 0.1) is 6.92 Å². The van der Waals surface area contributed by atoms with Crippen LogP contribution in [-0.2, 0) is 5.88 Å². The molecule has 1 aromatic heterocycles. The first-order valence-electron chi connectivity index (χ1n) is 5.07. The Labute approximate surface area is 89.9 Å². The lowest BCUT2D eigenvalue weighted by molar-refractivity contribution is 0.931. The molecule has 1 aliphatic heterocycles. The summed E-state index contributed by atoms with van der Waals surface area (Å²) >= 11 is 5.79. The lowest BCUT2D eigenvalue weighted by atomic mass is 10.2. The Morgan fingerprint density at radius 1 is 1.43 bits per heavy atom. The molecule has 1 aliphatic rings. The predicted molar refractivity (Wildman–Crippen MR) is 60.0 cm³/mol. The number of aryl methyl sites for hydroxylation is 1. The van der Waals surface area contributed by atoms with Crippen molar-refractivity contribution in [2.45, 2.75) is 25.6 Å². The van der Waals surface area contributed by atoms with Crippen LogP contribution in [0.5, 0.6) is 0 Å². The number of pyridine rings is 1. The average molecular weight is 211 g/mol. The lowest BCUT2D eigenvalue weighted by Crippen LogP contribution is -2.19. The molecule has 0 atom stereocenters. The second kappa shape index (κ2) is 4.18. The highest BCUT2D eigenvalue weighted by Crippen LogP contribution is 2.20. The van der Waals surface area contributed by atoms with Gasteiger partial charge in [-0.05, 0) is 37.0 Å². The number of aromatic nitrogens is 1. The fourth-order valence-corrected chi connectivity index (χ4v) is 2.11. The van der Waals surface area contributed by atoms with E-state index >= 15 is 0 Å². The zero-order chi connectivity index (χ0) is 9.97. The van der Waals surface area contributed by atoms with Gasteiger partial charge in [-0.2, -0.15) is 0 Å². The Hall–Kier alpha value is -0.760. The molecule has 0 radical (unpaired) electrons. The molecule has 0 spiro atoms. The minimum absolute atomic E-state index is 0.555. The molecule has 3 heteroatoms. The fourth-order valence-electron chi connectivity index (χ4n) is 1.83. The van der Waals surface area contributed by atoms with Crippen molar-refractivity contribution in [2.24, 2.45) is 0 Å². The molecule has 2 rings (SSSR count). The van der Waals surface area contributed by atoms with E-state index in [1.165, 1.54) is 18.4 Å². The van der Waals surface area contributed by atoms with Crippen LogP contribution < -0.4 is 4.90 Å². The second-order valence-electron chi connectivity index (χ2n) is 3.80. The summed E-state index contributed by atoms with van der Waals surface area (Å²) in [6.45, 7) is 4.39. The molecule has 0 unspecified atom stereocenters. The van der Waals surface area contributed by atoms with Gasteiger partial charge in [-0.1, -0.05) is 0 Å². The van der Waals surface area contributed by atoms with Crippen LogP contribution >= 0.6 is 11.6 Å². The van der Waals surface area contributed by atoms with Crippen LogP contribution in [0.25, 0.3) is 0 Å². The van der Waals surface area contributed by atoms with Gasteiger partial charge in [0.05, 0.1) is 0 Å². The van der Waals surface area contributed by atoms with Gasteiger partial charge in [0.15, 0.2) is 0 Å². The van der Waals surface area contributed by atoms with Crippen LogP contribution in [0.4, 0.5) is 5.82 Å². The Bertz CT molecular complexity index is 319. The number of anilines is 1. The van der Waals surface area contributed by atoms with Crippen molar-refractivity contribution in [3.8, 4) is 0 Å². The van der Waals surface area contributed by atoms with Crippen LogP contribution in [-0.4, -0.2) is 18.1 Å². The minimum atomic E-state index is 0.555. The van der Waals surface area contributed by atoms with Crippen molar-refractivity contribution in [3.05, 3.63) is 23.4 Å². The first kappa shape index (κ1) is 9.78. The van der Waals surface area contributed by atoms with Gasteiger partial charge in [0.2, 0.25) is 0 Å². The quantitative estimate of drug-likeness (QED) is 0.698. The normalized spacial score (nSPS) is 16.3. The minimum Gasteiger partial charge on any atom is -0.357 e. The number of alkyl halides is 1. The van der Waals surface area contributed by atoms with Crippen molar-refractivity contribution in [2.75, 3.05) is 18.0 Å². The van der Waals surface area contributed by atoms with E-state index in [9.17, 15) is 0 Å². The molecular weight excluding hydrogens is 196 g/mol. The third kappa shape index (κ3) is 1.85. The number of rotatable bonds is 2. The van der Waals surface area contributed by atoms with Gasteiger partial charge < -0.3 is 4.90 Å². The Morgan fingerprint density at radius 3 is 2.71 bits per heavy atom. The van der Waals surface area contributed by atoms with Crippen molar-refractivity contribution in [1.82, 2.24) is 4.98 Å². The number of hydrogen-bond donors (Lipinski definition) is 0. The maximum atomic E-state index is 5.79. The van der Waals surface area contributed by atoms with Gasteiger partial charge in [-0.15, -0.1) is 11.6 Å². The van der Waals surface area contributed by atoms with Crippen molar-refractivity contribution in [3.63, 3.8) is 0 Å². The molecule has 0 N–H and O–H groups in total. The summed E-state index contributed by atoms with van der Waals surface area (Å²) in [5, 5.41) is 0. The lowest BCUT2D eigenvalue weighted by Gasteiger charge is -2.17. The monoisotopic (exact) mass is 210 g/mol. The molecule has 0 bridgehead atoms. The number of halogens is 1. The predicted octanol–water partition coefficient (Wildman–Crippen LogP) is 2.73. The molecule has 1 fully saturated rings. The van der Waals surface area contributed by atoms with E-state index in [-0.39, 0.29) is 0 Å². The van der Waals surface area contributed by atoms with E-state index in [1.807, 2.05) is 6.20 Å². The van der Waals surface area contributed by atoms with Gasteiger partial charge >= 0.3 is 0 Å². The van der Waals surface area contributed by atoms with Crippen LogP contribution in [0.15, 0.2) is 12.3 Å². The molecule has 14 heavy (non-hydrogen) atoms. The summed E-state index contributed by atoms with van der Waals surface area (Å²) in [6.07, 6.45) is 4.48. The SMILES string of the molecule is Cc1cc(N2CCCC2)ncc1CCl. The highest BCUT2D eigenvalue weighted by molar-refractivity contribution is 6.17. The van der Waals surface area contributed by atoms with Gasteiger partial charge in [0, 0.05) is 25.2 Å². The summed E-state index contributed by atoms with van der Waals surface area (Å²) in [5.74, 6) is 1.66. The second-order valence-corrected chi connectivity index (χ2v) is 4.06. The largest absolute Gasteiger partial charge is 0.357 e. The van der Waals surface area contributed by atoms with E-state index in [4.69, 9.17) is 11.6 Å². The molecule has 2 heterocycles. The summed E-state index contributed by atoms with van der Waals surface area (Å²) in [5.41, 5.74) is 2.38. The van der Waals surface area contributed by atoms with Crippen molar-refractivity contribution < 1.29 is 0 Å². The smallest absolute Gasteiger partial charge is 0.128 e. The number of hydrogen-bond acceptors (Lipinski definition) is 2. The van der Waals surface area contributed by atoms with Crippen molar-refractivity contribution >= 4 is 17.4 Å². The van der Waals surface area contributed by atoms with Crippen LogP contribution in [0.1, 0.15) is 24.0 Å². The number of nitrogens with zero attached hydrogens (tertiary/aromatic N) is 2. The van der Waals surface area contributed by atoms with E-state index in [2.05, 4.69) is 22.9 Å². The summed E-state index contributed by atoms with van der Waals surface area (Å²) < 4.78 is 0. The first-order chi connectivity index (χ1) is 6.81. The summed E-state index contributed by atoms with van der Waals surface area (Å²) in [4.78, 5) is 6.77. The van der Waals surface area contributed by atoms with Gasteiger partial charge in [-0.25, -0.2) is 4.98 Å². The standard InChI is InChI=1S/C11H15ClN2/c1-9-6-11(13-8-10(9)7-12)14-4-2-3-5-14/h6,8H,2-5,7H2,1H3. The molecule has 1 saturated heterocycles. The Morgan fingerprint density at radius 2 is 2.14 bits per heavy atom. The topological polar surface area (TPSA) is 16.1 Å². The Balaban J connectivity index is 2.23. The average Bonchev–Trinajstić information content (AvgIpc) is 2.70. The molecule has 1 aromatic rings. The highest BCUT2D eigenvalue weighted by Gasteiger charge is 2.13. The van der Waals surface area contributed by atoms with Crippen LogP contribution in [0.3, 0.4) is 0 Å². The molecule has 0 amide bonds. The van der Waals surface area contributed by atoms with Gasteiger partial charge in [0.25, 0.3) is 0 Å². The van der Waals surface area contributed by atoms with Gasteiger partial charge in [-0.3, -0.25) is 0 Å². The molecular formula is C11H15ClN2. The van der Waals surface area contributed by atoms with Crippen LogP contribution in [0.2, 0.25) is 0 Å². The molecule has 76 valence electrons. The zero-order valence-electron chi connectivity index (χ0n) is 8.46. The maximum absolute atomic E-state index is 5.79. The van der Waals surface area contributed by atoms with E-state index in [0.717, 1.165) is 24.5 Å². The highest BCUT2D eigenvalue weighted by atomic mass is 35.5. The molecule has 0 aliphatic carbocycles. The van der Waals surface area contributed by atoms with E-state index in [0.29, 0.717) is 5.88 Å². The zero-order valence-corrected chi connectivity index (χ0v) is 9.22. The van der Waals surface area contributed by atoms with E-state index in [1.54, 1.807) is 0 Å². The Kier molecular flexibility index (Phi) is 2.92. The summed E-state index contributed by atoms with van der Waals surface area (Å²) in [7, 11) is 0.